The largest absolute Gasteiger partial charge is 0.493 e. The maximum Gasteiger partial charge on any atom is 0.245 e. The van der Waals surface area contributed by atoms with Gasteiger partial charge in [0.05, 0.1) is 31.8 Å². The van der Waals surface area contributed by atoms with Crippen molar-refractivity contribution in [2.75, 3.05) is 27.3 Å². The third-order valence-corrected chi connectivity index (χ3v) is 7.11. The Morgan fingerprint density at radius 3 is 2.37 bits per heavy atom. The molecule has 0 heterocycles. The van der Waals surface area contributed by atoms with E-state index in [1.54, 1.807) is 32.0 Å². The summed E-state index contributed by atoms with van der Waals surface area (Å²) in [6.07, 6.45) is 0. The van der Waals surface area contributed by atoms with Crippen molar-refractivity contribution in [2.24, 2.45) is 0 Å². The molecule has 0 saturated heterocycles. The molecule has 0 unspecified atom stereocenters. The normalized spacial score (nSPS) is 12.5. The molecule has 2 aromatic rings. The highest BCUT2D eigenvalue weighted by Gasteiger charge is 2.28. The number of nitrogens with one attached hydrogen (secondary N) is 1. The van der Waals surface area contributed by atoms with Gasteiger partial charge in [-0.3, -0.25) is 4.79 Å². The molecule has 30 heavy (non-hydrogen) atoms. The predicted molar refractivity (Wildman–Crippen MR) is 117 cm³/mol. The number of halogens is 2. The molecule has 1 N–H and O–H groups in total. The molecule has 0 bridgehead atoms. The second-order valence-corrected chi connectivity index (χ2v) is 9.16. The number of hydrogen-bond donors (Lipinski definition) is 1. The van der Waals surface area contributed by atoms with E-state index in [1.807, 2.05) is 0 Å². The first kappa shape index (κ1) is 24.3. The van der Waals surface area contributed by atoms with Gasteiger partial charge < -0.3 is 14.8 Å². The number of carbonyl (C=O) groups excluding carboxylic acids is 1. The molecule has 1 amide bonds. The topological polar surface area (TPSA) is 84.9 Å². The number of nitrogens with zero attached hydrogens (tertiary/aromatic N) is 1. The van der Waals surface area contributed by atoms with Crippen LogP contribution in [-0.4, -0.2) is 45.9 Å². The van der Waals surface area contributed by atoms with Crippen LogP contribution in [0.2, 0.25) is 10.0 Å². The number of amides is 1. The Labute approximate surface area is 186 Å². The molecule has 7 nitrogen and oxygen atoms in total. The van der Waals surface area contributed by atoms with Gasteiger partial charge in [0.2, 0.25) is 15.9 Å². The average Bonchev–Trinajstić information content (AvgIpc) is 2.72. The maximum absolute atomic E-state index is 13.0. The van der Waals surface area contributed by atoms with E-state index in [2.05, 4.69) is 5.32 Å². The second-order valence-electron chi connectivity index (χ2n) is 6.41. The molecule has 1 atom stereocenters. The molecule has 164 valence electrons. The van der Waals surface area contributed by atoms with Crippen molar-refractivity contribution >= 4 is 39.1 Å². The minimum atomic E-state index is -4.00. The minimum absolute atomic E-state index is 0.0388. The SMILES string of the molecule is CCN(CC(=O)N[C@@H](C)c1ccc(OC)c(OC)c1)S(=O)(=O)c1cc(Cl)ccc1Cl. The fourth-order valence-corrected chi connectivity index (χ4v) is 4.98. The molecule has 0 spiro atoms. The summed E-state index contributed by atoms with van der Waals surface area (Å²) in [7, 11) is -0.940. The molecule has 0 aliphatic rings. The number of benzene rings is 2. The van der Waals surface area contributed by atoms with Gasteiger partial charge in [0.25, 0.3) is 0 Å². The summed E-state index contributed by atoms with van der Waals surface area (Å²) < 4.78 is 37.4. The van der Waals surface area contributed by atoms with Gasteiger partial charge in [-0.25, -0.2) is 8.42 Å². The highest BCUT2D eigenvalue weighted by Crippen LogP contribution is 2.30. The third-order valence-electron chi connectivity index (χ3n) is 4.47. The van der Waals surface area contributed by atoms with Crippen LogP contribution >= 0.6 is 23.2 Å². The van der Waals surface area contributed by atoms with Gasteiger partial charge in [-0.05, 0) is 42.8 Å². The lowest BCUT2D eigenvalue weighted by atomic mass is 10.1. The van der Waals surface area contributed by atoms with Gasteiger partial charge >= 0.3 is 0 Å². The average molecular weight is 475 g/mol. The number of ether oxygens (including phenoxy) is 2. The molecule has 0 fully saturated rings. The van der Waals surface area contributed by atoms with Crippen molar-refractivity contribution in [3.8, 4) is 11.5 Å². The van der Waals surface area contributed by atoms with E-state index in [0.717, 1.165) is 9.87 Å². The Hall–Kier alpha value is -2.00. The maximum atomic E-state index is 13.0. The number of carbonyl (C=O) groups is 1. The fourth-order valence-electron chi connectivity index (χ4n) is 2.83. The molecule has 0 aliphatic heterocycles. The lowest BCUT2D eigenvalue weighted by molar-refractivity contribution is -0.121. The molecule has 0 aromatic heterocycles. The molecule has 0 saturated carbocycles. The summed E-state index contributed by atoms with van der Waals surface area (Å²) in [5, 5.41) is 3.07. The number of likely N-dealkylation sites (N-methyl/N-ethyl adjacent to an activating group) is 1. The van der Waals surface area contributed by atoms with Crippen molar-refractivity contribution in [3.05, 3.63) is 52.0 Å². The van der Waals surface area contributed by atoms with Crippen molar-refractivity contribution in [1.29, 1.82) is 0 Å². The van der Waals surface area contributed by atoms with Crippen LogP contribution in [0.15, 0.2) is 41.3 Å². The summed E-state index contributed by atoms with van der Waals surface area (Å²) in [6, 6.07) is 9.08. The van der Waals surface area contributed by atoms with E-state index in [1.165, 1.54) is 32.4 Å². The number of rotatable bonds is 9. The van der Waals surface area contributed by atoms with Gasteiger partial charge in [-0.1, -0.05) is 36.2 Å². The zero-order valence-corrected chi connectivity index (χ0v) is 19.4. The number of sulfonamides is 1. The Morgan fingerprint density at radius 1 is 1.10 bits per heavy atom. The van der Waals surface area contributed by atoms with Crippen LogP contribution in [0.3, 0.4) is 0 Å². The van der Waals surface area contributed by atoms with E-state index in [9.17, 15) is 13.2 Å². The van der Waals surface area contributed by atoms with Crippen LogP contribution in [0.1, 0.15) is 25.5 Å². The Morgan fingerprint density at radius 2 is 1.77 bits per heavy atom. The molecular weight excluding hydrogens is 451 g/mol. The van der Waals surface area contributed by atoms with Crippen molar-refractivity contribution in [3.63, 3.8) is 0 Å². The molecule has 2 aromatic carbocycles. The summed E-state index contributed by atoms with van der Waals surface area (Å²) in [6.45, 7) is 3.15. The van der Waals surface area contributed by atoms with Crippen molar-refractivity contribution in [1.82, 2.24) is 9.62 Å². The fraction of sp³-hybridized carbons (Fsp3) is 0.350. The van der Waals surface area contributed by atoms with Crippen LogP contribution in [0.4, 0.5) is 0 Å². The van der Waals surface area contributed by atoms with Crippen LogP contribution < -0.4 is 14.8 Å². The number of hydrogen-bond acceptors (Lipinski definition) is 5. The lowest BCUT2D eigenvalue weighted by Gasteiger charge is -2.22. The van der Waals surface area contributed by atoms with E-state index in [4.69, 9.17) is 32.7 Å². The van der Waals surface area contributed by atoms with E-state index in [0.29, 0.717) is 11.5 Å². The third kappa shape index (κ3) is 5.57. The summed E-state index contributed by atoms with van der Waals surface area (Å²) >= 11 is 12.0. The lowest BCUT2D eigenvalue weighted by Crippen LogP contribution is -2.41. The molecule has 0 aliphatic carbocycles. The standard InChI is InChI=1S/C20H24Cl2N2O5S/c1-5-24(30(26,27)19-11-15(21)7-8-16(19)22)12-20(25)23-13(2)14-6-9-17(28-3)18(10-14)29-4/h6-11,13H,5,12H2,1-4H3,(H,23,25)/t13-/m0/s1. The van der Waals surface area contributed by atoms with Gasteiger partial charge in [-0.15, -0.1) is 0 Å². The second kappa shape index (κ2) is 10.3. The highest BCUT2D eigenvalue weighted by molar-refractivity contribution is 7.89. The predicted octanol–water partition coefficient (Wildman–Crippen LogP) is 3.90. The van der Waals surface area contributed by atoms with Crippen LogP contribution in [0, 0.1) is 0 Å². The Bertz CT molecular complexity index is 1010. The van der Waals surface area contributed by atoms with Gasteiger partial charge in [0, 0.05) is 11.6 Å². The van der Waals surface area contributed by atoms with Gasteiger partial charge in [-0.2, -0.15) is 4.31 Å². The molecular formula is C20H24Cl2N2O5S. The first-order valence-corrected chi connectivity index (χ1v) is 11.3. The zero-order valence-electron chi connectivity index (χ0n) is 17.1. The zero-order chi connectivity index (χ0) is 22.5. The van der Waals surface area contributed by atoms with Crippen LogP contribution in [0.25, 0.3) is 0 Å². The molecule has 10 heteroatoms. The highest BCUT2D eigenvalue weighted by atomic mass is 35.5. The first-order valence-electron chi connectivity index (χ1n) is 9.10. The van der Waals surface area contributed by atoms with Crippen LogP contribution in [0.5, 0.6) is 11.5 Å². The minimum Gasteiger partial charge on any atom is -0.493 e. The summed E-state index contributed by atoms with van der Waals surface area (Å²) in [4.78, 5) is 12.4. The van der Waals surface area contributed by atoms with Crippen LogP contribution in [-0.2, 0) is 14.8 Å². The summed E-state index contributed by atoms with van der Waals surface area (Å²) in [5.41, 5.74) is 0.782. The Kier molecular flexibility index (Phi) is 8.37. The van der Waals surface area contributed by atoms with Gasteiger partial charge in [0.1, 0.15) is 4.90 Å². The summed E-state index contributed by atoms with van der Waals surface area (Å²) in [5.74, 6) is 0.645. The van der Waals surface area contributed by atoms with E-state index >= 15 is 0 Å². The first-order chi connectivity index (χ1) is 14.1. The number of methoxy groups -OCH3 is 2. The van der Waals surface area contributed by atoms with E-state index < -0.39 is 15.9 Å². The van der Waals surface area contributed by atoms with Crippen molar-refractivity contribution in [2.45, 2.75) is 24.8 Å². The smallest absolute Gasteiger partial charge is 0.245 e. The molecule has 2 rings (SSSR count). The van der Waals surface area contributed by atoms with E-state index in [-0.39, 0.29) is 34.1 Å². The molecule has 0 radical (unpaired) electrons. The monoisotopic (exact) mass is 474 g/mol. The van der Waals surface area contributed by atoms with Gasteiger partial charge in [0.15, 0.2) is 11.5 Å². The Balaban J connectivity index is 2.16. The van der Waals surface area contributed by atoms with Crippen molar-refractivity contribution < 1.29 is 22.7 Å². The quantitative estimate of drug-likeness (QED) is 0.595.